The number of aryl methyl sites for hydroxylation is 3. The third-order valence-electron chi connectivity index (χ3n) is 5.27. The van der Waals surface area contributed by atoms with E-state index in [0.29, 0.717) is 22.9 Å². The molecule has 0 aliphatic heterocycles. The lowest BCUT2D eigenvalue weighted by atomic mass is 10.1. The van der Waals surface area contributed by atoms with Gasteiger partial charge in [-0.25, -0.2) is 4.79 Å². The molecule has 5 nitrogen and oxygen atoms in total. The molecule has 2 aromatic heterocycles. The van der Waals surface area contributed by atoms with Gasteiger partial charge in [-0.3, -0.25) is 4.79 Å². The van der Waals surface area contributed by atoms with Crippen LogP contribution < -0.4 is 5.32 Å². The number of benzene rings is 1. The number of hydrogen-bond acceptors (Lipinski definition) is 4. The molecule has 2 heterocycles. The maximum atomic E-state index is 13.4. The second kappa shape index (κ2) is 8.82. The molecule has 0 fully saturated rings. The highest BCUT2D eigenvalue weighted by Gasteiger charge is 2.25. The molecule has 3 aromatic rings. The lowest BCUT2D eigenvalue weighted by molar-refractivity contribution is 0.0527. The number of para-hydroxylation sites is 1. The van der Waals surface area contributed by atoms with Gasteiger partial charge in [0, 0.05) is 22.3 Å². The Labute approximate surface area is 175 Å². The van der Waals surface area contributed by atoms with E-state index >= 15 is 0 Å². The normalized spacial score (nSPS) is 11.1. The molecule has 0 atom stereocenters. The first-order valence-electron chi connectivity index (χ1n) is 10.1. The summed E-state index contributed by atoms with van der Waals surface area (Å²) >= 11 is 1.41. The van der Waals surface area contributed by atoms with Gasteiger partial charge in [-0.05, 0) is 51.3 Å². The van der Waals surface area contributed by atoms with Crippen LogP contribution in [0.4, 0.5) is 5.00 Å². The van der Waals surface area contributed by atoms with Gasteiger partial charge >= 0.3 is 5.97 Å². The summed E-state index contributed by atoms with van der Waals surface area (Å²) in [4.78, 5) is 26.8. The van der Waals surface area contributed by atoms with Gasteiger partial charge in [-0.15, -0.1) is 11.3 Å². The van der Waals surface area contributed by atoms with E-state index in [1.165, 1.54) is 11.3 Å². The van der Waals surface area contributed by atoms with E-state index in [1.54, 1.807) is 6.92 Å². The van der Waals surface area contributed by atoms with Crippen LogP contribution >= 0.6 is 11.3 Å². The number of anilines is 1. The Morgan fingerprint density at radius 3 is 2.52 bits per heavy atom. The van der Waals surface area contributed by atoms with Crippen molar-refractivity contribution in [1.29, 1.82) is 0 Å². The highest BCUT2D eigenvalue weighted by molar-refractivity contribution is 7.16. The first-order chi connectivity index (χ1) is 13.9. The van der Waals surface area contributed by atoms with Gasteiger partial charge < -0.3 is 14.6 Å². The van der Waals surface area contributed by atoms with Crippen molar-refractivity contribution in [3.05, 3.63) is 51.5 Å². The molecule has 1 aromatic carbocycles. The Balaban J connectivity index is 2.04. The summed E-state index contributed by atoms with van der Waals surface area (Å²) in [5, 5.41) is 4.64. The number of nitrogens with one attached hydrogen (secondary N) is 1. The summed E-state index contributed by atoms with van der Waals surface area (Å²) in [6.07, 6.45) is 2.03. The fraction of sp³-hybridized carbons (Fsp3) is 0.391. The van der Waals surface area contributed by atoms with E-state index < -0.39 is 5.97 Å². The fourth-order valence-electron chi connectivity index (χ4n) is 3.64. The number of unbranched alkanes of at least 4 members (excludes halogenated alkanes) is 1. The Morgan fingerprint density at radius 1 is 1.10 bits per heavy atom. The van der Waals surface area contributed by atoms with Gasteiger partial charge in [0.05, 0.1) is 12.2 Å². The first-order valence-corrected chi connectivity index (χ1v) is 10.9. The standard InChI is InChI=1S/C23H28N2O3S/c1-6-8-13-25-18-12-10-9-11-17(18)15(4)20(25)21(26)24-22-19(23(27)28-7-2)14(3)16(5)29-22/h9-12H,6-8,13H2,1-5H3,(H,24,26). The summed E-state index contributed by atoms with van der Waals surface area (Å²) in [6.45, 7) is 10.8. The van der Waals surface area contributed by atoms with Crippen molar-refractivity contribution in [1.82, 2.24) is 4.57 Å². The molecular formula is C23H28N2O3S. The van der Waals surface area contributed by atoms with Crippen molar-refractivity contribution < 1.29 is 14.3 Å². The van der Waals surface area contributed by atoms with E-state index in [1.807, 2.05) is 39.0 Å². The number of nitrogens with zero attached hydrogens (tertiary/aromatic N) is 1. The maximum absolute atomic E-state index is 13.4. The Kier molecular flexibility index (Phi) is 6.42. The number of hydrogen-bond donors (Lipinski definition) is 1. The predicted molar refractivity (Wildman–Crippen MR) is 119 cm³/mol. The number of fused-ring (bicyclic) bond motifs is 1. The lowest BCUT2D eigenvalue weighted by Gasteiger charge is -2.12. The van der Waals surface area contributed by atoms with Gasteiger partial charge in [-0.2, -0.15) is 0 Å². The van der Waals surface area contributed by atoms with Gasteiger partial charge in [0.15, 0.2) is 0 Å². The number of aromatic nitrogens is 1. The van der Waals surface area contributed by atoms with E-state index in [2.05, 4.69) is 22.9 Å². The number of rotatable bonds is 7. The van der Waals surface area contributed by atoms with Crippen molar-refractivity contribution in [2.24, 2.45) is 0 Å². The van der Waals surface area contributed by atoms with Crippen molar-refractivity contribution in [3.8, 4) is 0 Å². The first kappa shape index (κ1) is 21.1. The lowest BCUT2D eigenvalue weighted by Crippen LogP contribution is -2.19. The quantitative estimate of drug-likeness (QED) is 0.495. The van der Waals surface area contributed by atoms with Gasteiger partial charge in [0.2, 0.25) is 0 Å². The van der Waals surface area contributed by atoms with Crippen molar-refractivity contribution >= 4 is 39.1 Å². The molecule has 0 radical (unpaired) electrons. The van der Waals surface area contributed by atoms with E-state index in [9.17, 15) is 9.59 Å². The molecule has 0 saturated heterocycles. The van der Waals surface area contributed by atoms with E-state index in [0.717, 1.165) is 46.3 Å². The number of amides is 1. The monoisotopic (exact) mass is 412 g/mol. The van der Waals surface area contributed by atoms with Crippen LogP contribution in [-0.4, -0.2) is 23.1 Å². The highest BCUT2D eigenvalue weighted by Crippen LogP contribution is 2.34. The molecule has 1 N–H and O–H groups in total. The molecule has 6 heteroatoms. The fourth-order valence-corrected chi connectivity index (χ4v) is 4.69. The van der Waals surface area contributed by atoms with Gasteiger partial charge in [-0.1, -0.05) is 31.5 Å². The summed E-state index contributed by atoms with van der Waals surface area (Å²) < 4.78 is 7.31. The van der Waals surface area contributed by atoms with Crippen LogP contribution in [0.25, 0.3) is 10.9 Å². The minimum Gasteiger partial charge on any atom is -0.462 e. The summed E-state index contributed by atoms with van der Waals surface area (Å²) in [6, 6.07) is 8.09. The molecule has 0 saturated carbocycles. The largest absolute Gasteiger partial charge is 0.462 e. The third kappa shape index (κ3) is 3.94. The zero-order valence-electron chi connectivity index (χ0n) is 17.7. The summed E-state index contributed by atoms with van der Waals surface area (Å²) in [5.74, 6) is -0.588. The molecule has 3 rings (SSSR count). The van der Waals surface area contributed by atoms with Crippen LogP contribution in [0, 0.1) is 20.8 Å². The zero-order valence-corrected chi connectivity index (χ0v) is 18.5. The van der Waals surface area contributed by atoms with Crippen molar-refractivity contribution in [2.75, 3.05) is 11.9 Å². The molecule has 0 aliphatic rings. The highest BCUT2D eigenvalue weighted by atomic mass is 32.1. The molecule has 1 amide bonds. The van der Waals surface area contributed by atoms with Crippen LogP contribution in [0.3, 0.4) is 0 Å². The van der Waals surface area contributed by atoms with Crippen LogP contribution in [0.5, 0.6) is 0 Å². The molecular weight excluding hydrogens is 384 g/mol. The Hall–Kier alpha value is -2.60. The zero-order chi connectivity index (χ0) is 21.1. The average molecular weight is 413 g/mol. The summed E-state index contributed by atoms with van der Waals surface area (Å²) in [5.41, 5.74) is 3.98. The van der Waals surface area contributed by atoms with Crippen molar-refractivity contribution in [3.63, 3.8) is 0 Å². The van der Waals surface area contributed by atoms with E-state index in [4.69, 9.17) is 4.74 Å². The number of thiophene rings is 1. The third-order valence-corrected chi connectivity index (χ3v) is 6.39. The minimum absolute atomic E-state index is 0.193. The molecule has 154 valence electrons. The second-order valence-electron chi connectivity index (χ2n) is 7.16. The van der Waals surface area contributed by atoms with Crippen LogP contribution in [0.2, 0.25) is 0 Å². The predicted octanol–water partition coefficient (Wildman–Crippen LogP) is 5.86. The SMILES string of the molecule is CCCCn1c(C(=O)Nc2sc(C)c(C)c2C(=O)OCC)c(C)c2ccccc21. The van der Waals surface area contributed by atoms with E-state index in [-0.39, 0.29) is 5.91 Å². The van der Waals surface area contributed by atoms with Crippen LogP contribution in [0.1, 0.15) is 63.5 Å². The number of carbonyl (C=O) groups is 2. The maximum Gasteiger partial charge on any atom is 0.341 e. The Bertz CT molecular complexity index is 1060. The molecule has 0 spiro atoms. The Morgan fingerprint density at radius 2 is 1.83 bits per heavy atom. The summed E-state index contributed by atoms with van der Waals surface area (Å²) in [7, 11) is 0. The number of esters is 1. The minimum atomic E-state index is -0.395. The molecule has 29 heavy (non-hydrogen) atoms. The smallest absolute Gasteiger partial charge is 0.341 e. The van der Waals surface area contributed by atoms with Crippen molar-refractivity contribution in [2.45, 2.75) is 54.0 Å². The van der Waals surface area contributed by atoms with Crippen LogP contribution in [0.15, 0.2) is 24.3 Å². The number of ether oxygens (including phenoxy) is 1. The average Bonchev–Trinajstić information content (AvgIpc) is 3.14. The molecule has 0 aliphatic carbocycles. The topological polar surface area (TPSA) is 60.3 Å². The molecule has 0 bridgehead atoms. The number of carbonyl (C=O) groups excluding carboxylic acids is 2. The molecule has 0 unspecified atom stereocenters. The van der Waals surface area contributed by atoms with Gasteiger partial charge in [0.1, 0.15) is 10.7 Å². The van der Waals surface area contributed by atoms with Gasteiger partial charge in [0.25, 0.3) is 5.91 Å². The second-order valence-corrected chi connectivity index (χ2v) is 8.38. The van der Waals surface area contributed by atoms with Crippen LogP contribution in [-0.2, 0) is 11.3 Å².